The second kappa shape index (κ2) is 3.90. The Kier molecular flexibility index (Phi) is 2.25. The molecule has 3 N–H and O–H groups in total. The van der Waals surface area contributed by atoms with E-state index in [0.29, 0.717) is 34.3 Å². The van der Waals surface area contributed by atoms with Gasteiger partial charge in [0.1, 0.15) is 16.6 Å². The Morgan fingerprint density at radius 2 is 1.83 bits per heavy atom. The molecule has 0 radical (unpaired) electrons. The summed E-state index contributed by atoms with van der Waals surface area (Å²) in [6, 6.07) is 5.05. The van der Waals surface area contributed by atoms with E-state index in [1.54, 1.807) is 25.1 Å². The van der Waals surface area contributed by atoms with Crippen LogP contribution in [0.2, 0.25) is 0 Å². The molecule has 4 heterocycles. The summed E-state index contributed by atoms with van der Waals surface area (Å²) in [5.41, 5.74) is 0.674. The minimum Gasteiger partial charge on any atom is -0.494 e. The lowest BCUT2D eigenvalue weighted by Gasteiger charge is -2.25. The molecule has 8 nitrogen and oxygen atoms in total. The zero-order valence-corrected chi connectivity index (χ0v) is 13.0. The summed E-state index contributed by atoms with van der Waals surface area (Å²) >= 11 is 0. The van der Waals surface area contributed by atoms with Gasteiger partial charge in [-0.05, 0) is 42.4 Å². The highest BCUT2D eigenvalue weighted by atomic mass is 16.6. The Balaban J connectivity index is 1.80. The number of aliphatic hydroxyl groups is 1. The summed E-state index contributed by atoms with van der Waals surface area (Å²) in [7, 11) is 0. The van der Waals surface area contributed by atoms with Crippen LogP contribution in [0.25, 0.3) is 16.7 Å². The fourth-order valence-corrected chi connectivity index (χ4v) is 4.18. The third-order valence-corrected chi connectivity index (χ3v) is 5.30. The molecular weight excluding hydrogens is 314 g/mol. The quantitative estimate of drug-likeness (QED) is 0.622. The van der Waals surface area contributed by atoms with Crippen LogP contribution in [0.5, 0.6) is 11.8 Å². The van der Waals surface area contributed by atoms with E-state index in [1.807, 2.05) is 6.92 Å². The lowest BCUT2D eigenvalue weighted by molar-refractivity contribution is -0.0936. The first-order valence-corrected chi connectivity index (χ1v) is 7.64. The van der Waals surface area contributed by atoms with Crippen LogP contribution in [0, 0.1) is 0 Å². The molecule has 0 amide bonds. The van der Waals surface area contributed by atoms with E-state index >= 15 is 0 Å². The van der Waals surface area contributed by atoms with Gasteiger partial charge in [0.2, 0.25) is 11.8 Å². The van der Waals surface area contributed by atoms with Gasteiger partial charge in [0.05, 0.1) is 28.5 Å². The Hall–Kier alpha value is -2.58. The van der Waals surface area contributed by atoms with Crippen LogP contribution in [0.3, 0.4) is 0 Å². The predicted octanol–water partition coefficient (Wildman–Crippen LogP) is 1.65. The molecule has 1 fully saturated rings. The van der Waals surface area contributed by atoms with Gasteiger partial charge in [-0.2, -0.15) is 0 Å². The van der Waals surface area contributed by atoms with Gasteiger partial charge in [-0.3, -0.25) is 4.57 Å². The van der Waals surface area contributed by atoms with Crippen LogP contribution in [0.1, 0.15) is 31.4 Å². The van der Waals surface area contributed by atoms with Crippen LogP contribution in [-0.2, 0) is 15.9 Å². The van der Waals surface area contributed by atoms with Crippen molar-refractivity contribution in [1.82, 2.24) is 14.9 Å². The standard InChI is InChI=1S/C16H15N3O5/c1-15-6-10(20)16(2,23-15)12-11(15)13(21)19(14(12)22)7-3-4-8-9(5-7)18-24-17-8/h3-5,10,20-22H,6H2,1-2H3/t10-,15+,16-/m1/s1. The minimum atomic E-state index is -1.05. The summed E-state index contributed by atoms with van der Waals surface area (Å²) in [5, 5.41) is 39.4. The van der Waals surface area contributed by atoms with E-state index in [1.165, 1.54) is 4.57 Å². The highest BCUT2D eigenvalue weighted by molar-refractivity contribution is 5.76. The van der Waals surface area contributed by atoms with Crippen molar-refractivity contribution in [1.29, 1.82) is 0 Å². The van der Waals surface area contributed by atoms with Crippen molar-refractivity contribution in [3.8, 4) is 17.4 Å². The minimum absolute atomic E-state index is 0.101. The molecule has 0 spiro atoms. The van der Waals surface area contributed by atoms with Gasteiger partial charge >= 0.3 is 0 Å². The first-order chi connectivity index (χ1) is 11.3. The van der Waals surface area contributed by atoms with Crippen LogP contribution in [-0.4, -0.2) is 36.3 Å². The molecule has 0 aliphatic carbocycles. The predicted molar refractivity (Wildman–Crippen MR) is 80.9 cm³/mol. The van der Waals surface area contributed by atoms with Gasteiger partial charge < -0.3 is 20.1 Å². The third kappa shape index (κ3) is 1.37. The van der Waals surface area contributed by atoms with Crippen molar-refractivity contribution in [2.24, 2.45) is 0 Å². The van der Waals surface area contributed by atoms with Crippen LogP contribution >= 0.6 is 0 Å². The zero-order chi connectivity index (χ0) is 16.9. The molecule has 24 heavy (non-hydrogen) atoms. The number of aromatic hydroxyl groups is 2. The molecular formula is C16H15N3O5. The SMILES string of the molecule is C[C@@]12O[C@@](C)(C[C@H]1O)c1c2c(O)n(-c2ccc3nonc3c2)c1O. The lowest BCUT2D eigenvalue weighted by atomic mass is 9.78. The van der Waals surface area contributed by atoms with Crippen LogP contribution < -0.4 is 0 Å². The number of hydrogen-bond donors (Lipinski definition) is 3. The van der Waals surface area contributed by atoms with Gasteiger partial charge in [0.25, 0.3) is 0 Å². The molecule has 8 heteroatoms. The molecule has 0 saturated carbocycles. The summed E-state index contributed by atoms with van der Waals surface area (Å²) < 4.78 is 12.0. The topological polar surface area (TPSA) is 114 Å². The molecule has 2 aromatic heterocycles. The molecule has 5 rings (SSSR count). The summed E-state index contributed by atoms with van der Waals surface area (Å²) in [5.74, 6) is -0.250. The highest BCUT2D eigenvalue weighted by Crippen LogP contribution is 2.64. The number of fused-ring (bicyclic) bond motifs is 6. The smallest absolute Gasteiger partial charge is 0.205 e. The van der Waals surface area contributed by atoms with E-state index < -0.39 is 17.3 Å². The van der Waals surface area contributed by atoms with E-state index in [-0.39, 0.29) is 11.8 Å². The van der Waals surface area contributed by atoms with Gasteiger partial charge in [-0.1, -0.05) is 0 Å². The summed E-state index contributed by atoms with van der Waals surface area (Å²) in [6.45, 7) is 3.53. The Labute approximate surface area is 135 Å². The summed E-state index contributed by atoms with van der Waals surface area (Å²) in [6.07, 6.45) is -0.391. The molecule has 124 valence electrons. The number of nitrogens with zero attached hydrogens (tertiary/aromatic N) is 3. The highest BCUT2D eigenvalue weighted by Gasteiger charge is 2.64. The monoisotopic (exact) mass is 329 g/mol. The molecule has 2 aliphatic heterocycles. The van der Waals surface area contributed by atoms with E-state index in [2.05, 4.69) is 14.9 Å². The van der Waals surface area contributed by atoms with Crippen LogP contribution in [0.15, 0.2) is 22.8 Å². The van der Waals surface area contributed by atoms with Crippen molar-refractivity contribution in [3.63, 3.8) is 0 Å². The van der Waals surface area contributed by atoms with Crippen molar-refractivity contribution >= 4 is 11.0 Å². The number of aromatic nitrogens is 3. The average Bonchev–Trinajstić information content (AvgIpc) is 3.19. The van der Waals surface area contributed by atoms with Crippen molar-refractivity contribution in [3.05, 3.63) is 29.3 Å². The Bertz CT molecular complexity index is 1010. The van der Waals surface area contributed by atoms with E-state index in [0.717, 1.165) is 0 Å². The zero-order valence-electron chi connectivity index (χ0n) is 13.0. The average molecular weight is 329 g/mol. The fourth-order valence-electron chi connectivity index (χ4n) is 4.18. The lowest BCUT2D eigenvalue weighted by Crippen LogP contribution is -2.32. The first kappa shape index (κ1) is 13.8. The Morgan fingerprint density at radius 3 is 2.62 bits per heavy atom. The number of rotatable bonds is 1. The van der Waals surface area contributed by atoms with Crippen molar-refractivity contribution in [2.75, 3.05) is 0 Å². The first-order valence-electron chi connectivity index (χ1n) is 7.64. The maximum atomic E-state index is 10.8. The van der Waals surface area contributed by atoms with E-state index in [9.17, 15) is 15.3 Å². The number of hydrogen-bond acceptors (Lipinski definition) is 7. The van der Waals surface area contributed by atoms with E-state index in [4.69, 9.17) is 4.74 Å². The maximum Gasteiger partial charge on any atom is 0.205 e. The molecule has 0 unspecified atom stereocenters. The maximum absolute atomic E-state index is 10.8. The molecule has 2 aliphatic rings. The van der Waals surface area contributed by atoms with Crippen molar-refractivity contribution < 1.29 is 24.7 Å². The van der Waals surface area contributed by atoms with Gasteiger partial charge in [0.15, 0.2) is 0 Å². The summed E-state index contributed by atoms with van der Waals surface area (Å²) in [4.78, 5) is 0. The fraction of sp³-hybridized carbons (Fsp3) is 0.375. The van der Waals surface area contributed by atoms with Gasteiger partial charge in [0, 0.05) is 6.42 Å². The second-order valence-electron chi connectivity index (χ2n) is 6.83. The molecule has 3 aromatic rings. The van der Waals surface area contributed by atoms with Crippen LogP contribution in [0.4, 0.5) is 0 Å². The largest absolute Gasteiger partial charge is 0.494 e. The number of benzene rings is 1. The number of ether oxygens (including phenoxy) is 1. The second-order valence-corrected chi connectivity index (χ2v) is 6.83. The molecule has 2 bridgehead atoms. The normalized spacial score (nSPS) is 31.0. The Morgan fingerprint density at radius 1 is 1.12 bits per heavy atom. The molecule has 3 atom stereocenters. The van der Waals surface area contributed by atoms with Gasteiger partial charge in [-0.15, -0.1) is 0 Å². The molecule has 1 aromatic carbocycles. The van der Waals surface area contributed by atoms with Gasteiger partial charge in [-0.25, -0.2) is 4.63 Å². The molecule has 1 saturated heterocycles. The van der Waals surface area contributed by atoms with Crippen molar-refractivity contribution in [2.45, 2.75) is 37.6 Å². The number of aliphatic hydroxyl groups excluding tert-OH is 1. The third-order valence-electron chi connectivity index (χ3n) is 5.30.